The highest BCUT2D eigenvalue weighted by molar-refractivity contribution is 6.03. The monoisotopic (exact) mass is 523 g/mol. The summed E-state index contributed by atoms with van der Waals surface area (Å²) in [5.74, 6) is -1.65. The molecule has 9 heteroatoms. The molecule has 204 valence electrons. The number of nitrogens with zero attached hydrogens (tertiary/aromatic N) is 3. The van der Waals surface area contributed by atoms with Gasteiger partial charge in [0.15, 0.2) is 0 Å². The SMILES string of the molecule is CCCCCN1CC=C[C@]23O[C@H]4C=CCN(c5ccc(OCC)cc5)C(=O)[C@H]4[C@H]2C(=O)N(CCO)C3C1=O. The minimum absolute atomic E-state index is 0.0114. The molecule has 0 aliphatic carbocycles. The van der Waals surface area contributed by atoms with E-state index in [9.17, 15) is 19.5 Å². The zero-order chi connectivity index (χ0) is 26.9. The molecule has 4 aliphatic heterocycles. The number of ether oxygens (including phenoxy) is 2. The zero-order valence-electron chi connectivity index (χ0n) is 22.1. The lowest BCUT2D eigenvalue weighted by Crippen LogP contribution is -2.55. The molecule has 2 saturated heterocycles. The highest BCUT2D eigenvalue weighted by Gasteiger charge is 2.71. The number of carbonyl (C=O) groups excluding carboxylic acids is 3. The third-order valence-corrected chi connectivity index (χ3v) is 8.07. The summed E-state index contributed by atoms with van der Waals surface area (Å²) in [4.78, 5) is 46.9. The van der Waals surface area contributed by atoms with E-state index in [0.29, 0.717) is 37.7 Å². The second-order valence-corrected chi connectivity index (χ2v) is 10.3. The topological polar surface area (TPSA) is 99.6 Å². The van der Waals surface area contributed by atoms with Crippen molar-refractivity contribution in [3.05, 3.63) is 48.6 Å². The molecule has 5 atom stereocenters. The van der Waals surface area contributed by atoms with Gasteiger partial charge in [-0.2, -0.15) is 0 Å². The van der Waals surface area contributed by atoms with Crippen molar-refractivity contribution in [2.24, 2.45) is 11.8 Å². The average molecular weight is 524 g/mol. The normalized spacial score (nSPS) is 30.3. The van der Waals surface area contributed by atoms with E-state index < -0.39 is 29.6 Å². The maximum atomic E-state index is 14.1. The Morgan fingerprint density at radius 3 is 2.50 bits per heavy atom. The average Bonchev–Trinajstić information content (AvgIpc) is 3.22. The number of aliphatic hydroxyl groups is 1. The molecule has 0 aromatic heterocycles. The minimum atomic E-state index is -1.26. The molecule has 4 aliphatic rings. The summed E-state index contributed by atoms with van der Waals surface area (Å²) in [6.45, 7) is 5.67. The van der Waals surface area contributed by atoms with E-state index in [1.165, 1.54) is 4.90 Å². The predicted molar refractivity (Wildman–Crippen MR) is 142 cm³/mol. The van der Waals surface area contributed by atoms with Crippen LogP contribution in [-0.2, 0) is 19.1 Å². The lowest BCUT2D eigenvalue weighted by molar-refractivity contribution is -0.147. The molecule has 1 spiro atoms. The Balaban J connectivity index is 1.50. The first-order valence-corrected chi connectivity index (χ1v) is 13.7. The van der Waals surface area contributed by atoms with E-state index in [1.54, 1.807) is 9.80 Å². The van der Waals surface area contributed by atoms with Crippen molar-refractivity contribution < 1.29 is 29.0 Å². The Labute approximate surface area is 223 Å². The summed E-state index contributed by atoms with van der Waals surface area (Å²) in [5, 5.41) is 9.80. The van der Waals surface area contributed by atoms with E-state index in [4.69, 9.17) is 9.47 Å². The molecule has 1 aromatic carbocycles. The van der Waals surface area contributed by atoms with Crippen LogP contribution in [0.5, 0.6) is 5.75 Å². The first-order chi connectivity index (χ1) is 18.5. The van der Waals surface area contributed by atoms with Gasteiger partial charge in [-0.3, -0.25) is 14.4 Å². The molecule has 38 heavy (non-hydrogen) atoms. The van der Waals surface area contributed by atoms with Crippen LogP contribution < -0.4 is 9.64 Å². The van der Waals surface area contributed by atoms with Crippen molar-refractivity contribution in [3.8, 4) is 5.75 Å². The number of fused-ring (bicyclic) bond motifs is 2. The van der Waals surface area contributed by atoms with Crippen molar-refractivity contribution in [1.29, 1.82) is 0 Å². The molecule has 1 N–H and O–H groups in total. The zero-order valence-corrected chi connectivity index (χ0v) is 22.1. The molecular weight excluding hydrogens is 486 g/mol. The summed E-state index contributed by atoms with van der Waals surface area (Å²) in [7, 11) is 0. The van der Waals surface area contributed by atoms with Gasteiger partial charge in [-0.05, 0) is 37.6 Å². The Kier molecular flexibility index (Phi) is 7.59. The maximum Gasteiger partial charge on any atom is 0.249 e. The number of anilines is 1. The van der Waals surface area contributed by atoms with Gasteiger partial charge in [-0.15, -0.1) is 0 Å². The van der Waals surface area contributed by atoms with Crippen LogP contribution in [0.15, 0.2) is 48.6 Å². The molecule has 2 fully saturated rings. The molecule has 1 unspecified atom stereocenters. The number of unbranched alkanes of at least 4 members (excludes halogenated alkanes) is 2. The van der Waals surface area contributed by atoms with Gasteiger partial charge in [0.05, 0.1) is 31.2 Å². The number of hydrogen-bond donors (Lipinski definition) is 1. The molecule has 0 saturated carbocycles. The number of benzene rings is 1. The van der Waals surface area contributed by atoms with Crippen molar-refractivity contribution >= 4 is 23.4 Å². The maximum absolute atomic E-state index is 14.1. The Morgan fingerprint density at radius 1 is 1.00 bits per heavy atom. The summed E-state index contributed by atoms with van der Waals surface area (Å²) in [6.07, 6.45) is 9.77. The minimum Gasteiger partial charge on any atom is -0.494 e. The third kappa shape index (κ3) is 4.31. The standard InChI is InChI=1S/C29H37N3O6/c1-3-5-6-15-30-16-8-14-29-24(27(35)32(18-19-33)25(29)28(30)36)23-22(38-29)9-7-17-31(26(23)34)20-10-12-21(13-11-20)37-4-2/h7-14,22-25,33H,3-6,15-19H2,1-2H3/t22-,23+,24-,25?,29-/m0/s1. The lowest BCUT2D eigenvalue weighted by Gasteiger charge is -2.35. The molecular formula is C29H37N3O6. The van der Waals surface area contributed by atoms with Crippen LogP contribution >= 0.6 is 0 Å². The quantitative estimate of drug-likeness (QED) is 0.393. The van der Waals surface area contributed by atoms with E-state index in [2.05, 4.69) is 6.92 Å². The van der Waals surface area contributed by atoms with Crippen molar-refractivity contribution in [1.82, 2.24) is 9.80 Å². The number of carbonyl (C=O) groups is 3. The van der Waals surface area contributed by atoms with Gasteiger partial charge in [-0.1, -0.05) is 44.1 Å². The van der Waals surface area contributed by atoms with Gasteiger partial charge in [0, 0.05) is 31.9 Å². The first kappa shape index (κ1) is 26.4. The number of hydrogen-bond acceptors (Lipinski definition) is 6. The fraction of sp³-hybridized carbons (Fsp3) is 0.552. The molecule has 1 aromatic rings. The lowest BCUT2D eigenvalue weighted by atomic mass is 9.77. The van der Waals surface area contributed by atoms with Crippen molar-refractivity contribution in [2.75, 3.05) is 44.3 Å². The largest absolute Gasteiger partial charge is 0.494 e. The predicted octanol–water partition coefficient (Wildman–Crippen LogP) is 2.15. The first-order valence-electron chi connectivity index (χ1n) is 13.7. The molecule has 4 heterocycles. The van der Waals surface area contributed by atoms with Crippen LogP contribution in [0, 0.1) is 11.8 Å². The summed E-state index contributed by atoms with van der Waals surface area (Å²) in [6, 6.07) is 6.40. The second kappa shape index (κ2) is 10.9. The molecule has 3 amide bonds. The fourth-order valence-corrected chi connectivity index (χ4v) is 6.41. The van der Waals surface area contributed by atoms with Gasteiger partial charge in [-0.25, -0.2) is 0 Å². The molecule has 9 nitrogen and oxygen atoms in total. The second-order valence-electron chi connectivity index (χ2n) is 10.3. The van der Waals surface area contributed by atoms with E-state index in [1.807, 2.05) is 55.5 Å². The van der Waals surface area contributed by atoms with Gasteiger partial charge < -0.3 is 29.3 Å². The summed E-state index contributed by atoms with van der Waals surface area (Å²) in [5.41, 5.74) is -0.562. The van der Waals surface area contributed by atoms with E-state index >= 15 is 0 Å². The van der Waals surface area contributed by atoms with Crippen LogP contribution in [0.1, 0.15) is 33.1 Å². The van der Waals surface area contributed by atoms with Gasteiger partial charge >= 0.3 is 0 Å². The van der Waals surface area contributed by atoms with Crippen molar-refractivity contribution in [3.63, 3.8) is 0 Å². The van der Waals surface area contributed by atoms with Crippen LogP contribution in [0.3, 0.4) is 0 Å². The van der Waals surface area contributed by atoms with Crippen LogP contribution in [0.4, 0.5) is 5.69 Å². The van der Waals surface area contributed by atoms with Gasteiger partial charge in [0.2, 0.25) is 17.7 Å². The number of aliphatic hydroxyl groups excluding tert-OH is 1. The third-order valence-electron chi connectivity index (χ3n) is 8.07. The van der Waals surface area contributed by atoms with Crippen LogP contribution in [0.25, 0.3) is 0 Å². The van der Waals surface area contributed by atoms with Gasteiger partial charge in [0.1, 0.15) is 17.4 Å². The van der Waals surface area contributed by atoms with Crippen LogP contribution in [-0.4, -0.2) is 89.8 Å². The molecule has 0 bridgehead atoms. The summed E-state index contributed by atoms with van der Waals surface area (Å²) < 4.78 is 12.1. The highest BCUT2D eigenvalue weighted by Crippen LogP contribution is 2.53. The number of amides is 3. The Hall–Kier alpha value is -3.17. The van der Waals surface area contributed by atoms with E-state index in [0.717, 1.165) is 19.3 Å². The number of likely N-dealkylation sites (tertiary alicyclic amines) is 1. The number of β-amino-alcohol motifs (C(OH)–C–C–N with tert-alkyl or cyclic N) is 1. The van der Waals surface area contributed by atoms with Gasteiger partial charge in [0.25, 0.3) is 0 Å². The number of rotatable bonds is 9. The van der Waals surface area contributed by atoms with Crippen LogP contribution in [0.2, 0.25) is 0 Å². The Morgan fingerprint density at radius 2 is 1.79 bits per heavy atom. The Bertz CT molecular complexity index is 1120. The highest BCUT2D eigenvalue weighted by atomic mass is 16.5. The molecule has 0 radical (unpaired) electrons. The summed E-state index contributed by atoms with van der Waals surface area (Å²) >= 11 is 0. The molecule has 5 rings (SSSR count). The fourth-order valence-electron chi connectivity index (χ4n) is 6.41. The van der Waals surface area contributed by atoms with Crippen molar-refractivity contribution in [2.45, 2.75) is 50.9 Å². The smallest absolute Gasteiger partial charge is 0.249 e. The van der Waals surface area contributed by atoms with E-state index in [-0.39, 0.29) is 30.9 Å².